The summed E-state index contributed by atoms with van der Waals surface area (Å²) in [6, 6.07) is 6.73. The lowest BCUT2D eigenvalue weighted by Crippen LogP contribution is -2.59. The zero-order valence-electron chi connectivity index (χ0n) is 21.6. The highest BCUT2D eigenvalue weighted by molar-refractivity contribution is 5.79. The molecule has 4 aliphatic rings. The zero-order chi connectivity index (χ0) is 28.3. The summed E-state index contributed by atoms with van der Waals surface area (Å²) < 4.78 is 39.4. The fourth-order valence-corrected chi connectivity index (χ4v) is 6.10. The minimum Gasteiger partial charge on any atom is -0.502 e. The van der Waals surface area contributed by atoms with Crippen LogP contribution < -0.4 is 18.9 Å². The molecule has 3 heterocycles. The van der Waals surface area contributed by atoms with Gasteiger partial charge in [0.15, 0.2) is 29.3 Å². The highest BCUT2D eigenvalue weighted by atomic mass is 16.7. The van der Waals surface area contributed by atoms with Crippen LogP contribution in [0.15, 0.2) is 24.3 Å². The monoisotopic (exact) mass is 562 g/mol. The minimum absolute atomic E-state index is 0.00309. The number of esters is 1. The molecule has 0 bridgehead atoms. The number of ether oxygens (including phenoxy) is 7. The molecule has 5 unspecified atom stereocenters. The lowest BCUT2D eigenvalue weighted by molar-refractivity contribution is -0.317. The summed E-state index contributed by atoms with van der Waals surface area (Å²) in [7, 11) is 2.81. The molecular formula is C27H30O13. The smallest absolute Gasteiger partial charge is 0.310 e. The number of hydrogen-bond acceptors (Lipinski definition) is 13. The van der Waals surface area contributed by atoms with Crippen LogP contribution in [-0.2, 0) is 19.0 Å². The summed E-state index contributed by atoms with van der Waals surface area (Å²) in [5.74, 6) is -1.43. The number of fused-ring (bicyclic) bond motifs is 3. The predicted molar refractivity (Wildman–Crippen MR) is 131 cm³/mol. The Kier molecular flexibility index (Phi) is 6.89. The first-order valence-electron chi connectivity index (χ1n) is 12.8. The van der Waals surface area contributed by atoms with Gasteiger partial charge in [0.05, 0.1) is 39.5 Å². The Bertz CT molecular complexity index is 1270. The first kappa shape index (κ1) is 26.9. The zero-order valence-corrected chi connectivity index (χ0v) is 21.6. The number of phenols is 1. The van der Waals surface area contributed by atoms with Gasteiger partial charge in [0.2, 0.25) is 12.5 Å². The number of hydrogen-bond donors (Lipinski definition) is 5. The molecular weight excluding hydrogens is 532 g/mol. The first-order valence-corrected chi connectivity index (χ1v) is 12.8. The van der Waals surface area contributed by atoms with Crippen LogP contribution in [0.4, 0.5) is 0 Å². The van der Waals surface area contributed by atoms with Crippen LogP contribution in [0, 0.1) is 11.8 Å². The minimum atomic E-state index is -1.64. The molecule has 40 heavy (non-hydrogen) atoms. The molecule has 0 spiro atoms. The normalized spacial score (nSPS) is 34.1. The van der Waals surface area contributed by atoms with Gasteiger partial charge in [-0.15, -0.1) is 0 Å². The van der Waals surface area contributed by atoms with Crippen molar-refractivity contribution in [3.8, 4) is 28.7 Å². The second kappa shape index (κ2) is 10.3. The SMILES string of the molecule is COc1cc([C@@H]2c3cc4c(cc3[C@@H](OC3OC(CO)C(O)C(O)C3O)[C@H]3COC(=O)[C@H]23)OCO4)cc(OC)c1O. The number of carbonyl (C=O) groups is 1. The van der Waals surface area contributed by atoms with E-state index in [4.69, 9.17) is 33.2 Å². The predicted octanol–water partition coefficient (Wildman–Crippen LogP) is -0.0696. The van der Waals surface area contributed by atoms with Crippen LogP contribution in [0.3, 0.4) is 0 Å². The molecule has 2 aromatic rings. The van der Waals surface area contributed by atoms with E-state index in [2.05, 4.69) is 0 Å². The third-order valence-electron chi connectivity index (χ3n) is 8.11. The maximum atomic E-state index is 13.3. The van der Waals surface area contributed by atoms with Crippen molar-refractivity contribution in [1.29, 1.82) is 0 Å². The molecule has 9 atom stereocenters. The first-order chi connectivity index (χ1) is 19.3. The van der Waals surface area contributed by atoms with E-state index in [0.717, 1.165) is 0 Å². The molecule has 0 aromatic heterocycles. The Hall–Kier alpha value is -3.33. The van der Waals surface area contributed by atoms with Gasteiger partial charge in [-0.25, -0.2) is 0 Å². The van der Waals surface area contributed by atoms with Gasteiger partial charge in [0, 0.05) is 11.8 Å². The van der Waals surface area contributed by atoms with E-state index >= 15 is 0 Å². The van der Waals surface area contributed by atoms with Crippen LogP contribution in [0.1, 0.15) is 28.7 Å². The number of phenolic OH excluding ortho intramolecular Hbond substituents is 1. The average molecular weight is 563 g/mol. The second-order valence-electron chi connectivity index (χ2n) is 10.2. The second-order valence-corrected chi connectivity index (χ2v) is 10.2. The van der Waals surface area contributed by atoms with Gasteiger partial charge in [-0.2, -0.15) is 0 Å². The number of rotatable bonds is 6. The summed E-state index contributed by atoms with van der Waals surface area (Å²) in [4.78, 5) is 13.3. The van der Waals surface area contributed by atoms with Crippen molar-refractivity contribution in [3.63, 3.8) is 0 Å². The summed E-state index contributed by atoms with van der Waals surface area (Å²) in [6.07, 6.45) is -8.35. The Morgan fingerprint density at radius 2 is 1.55 bits per heavy atom. The number of methoxy groups -OCH3 is 2. The number of aliphatic hydroxyl groups excluding tert-OH is 4. The third-order valence-corrected chi connectivity index (χ3v) is 8.11. The fourth-order valence-electron chi connectivity index (χ4n) is 6.10. The fraction of sp³-hybridized carbons (Fsp3) is 0.519. The standard InChI is InChI=1S/C27H30O13/c1-34-16-3-10(4-17(35-2)21(16)29)19-11-5-14-15(38-9-37-14)6-12(11)25(13-8-36-26(33)20(13)19)40-27-24(32)23(31)22(30)18(7-28)39-27/h3-6,13,18-20,22-25,27-32H,7-9H2,1-2H3/t13-,18?,19+,20-,22?,23?,24?,25+,27?/m0/s1. The number of carbonyl (C=O) groups excluding carboxylic acids is 1. The van der Waals surface area contributed by atoms with Crippen LogP contribution in [0.25, 0.3) is 0 Å². The Morgan fingerprint density at radius 1 is 0.900 bits per heavy atom. The number of cyclic esters (lactones) is 1. The Labute approximate surface area is 228 Å². The van der Waals surface area contributed by atoms with Gasteiger partial charge in [-0.05, 0) is 41.0 Å². The molecule has 2 fully saturated rings. The third kappa shape index (κ3) is 4.12. The summed E-state index contributed by atoms with van der Waals surface area (Å²) in [5.41, 5.74) is 1.83. The summed E-state index contributed by atoms with van der Waals surface area (Å²) >= 11 is 0. The summed E-state index contributed by atoms with van der Waals surface area (Å²) in [6.45, 7) is -0.635. The molecule has 3 aliphatic heterocycles. The highest BCUT2D eigenvalue weighted by Crippen LogP contribution is 2.57. The van der Waals surface area contributed by atoms with Crippen molar-refractivity contribution in [3.05, 3.63) is 41.0 Å². The van der Waals surface area contributed by atoms with Crippen molar-refractivity contribution < 1.29 is 63.5 Å². The van der Waals surface area contributed by atoms with Gasteiger partial charge in [-0.1, -0.05) is 0 Å². The molecule has 0 saturated carbocycles. The van der Waals surface area contributed by atoms with Crippen molar-refractivity contribution in [2.24, 2.45) is 11.8 Å². The van der Waals surface area contributed by atoms with E-state index in [1.807, 2.05) is 0 Å². The van der Waals surface area contributed by atoms with Gasteiger partial charge in [-0.3, -0.25) is 4.79 Å². The quantitative estimate of drug-likeness (QED) is 0.295. The van der Waals surface area contributed by atoms with E-state index in [0.29, 0.717) is 28.2 Å². The van der Waals surface area contributed by atoms with Crippen molar-refractivity contribution in [2.75, 3.05) is 34.2 Å². The Morgan fingerprint density at radius 3 is 2.17 bits per heavy atom. The van der Waals surface area contributed by atoms with Gasteiger partial charge in [0.25, 0.3) is 0 Å². The number of aromatic hydroxyl groups is 1. The molecule has 6 rings (SSSR count). The maximum Gasteiger partial charge on any atom is 0.310 e. The lowest BCUT2D eigenvalue weighted by Gasteiger charge is -2.44. The van der Waals surface area contributed by atoms with Crippen molar-refractivity contribution in [2.45, 2.75) is 42.7 Å². The van der Waals surface area contributed by atoms with Crippen LogP contribution in [0.5, 0.6) is 28.7 Å². The molecule has 216 valence electrons. The molecule has 0 amide bonds. The number of aliphatic hydroxyl groups is 4. The largest absolute Gasteiger partial charge is 0.502 e. The van der Waals surface area contributed by atoms with E-state index < -0.39 is 67.1 Å². The van der Waals surface area contributed by atoms with Crippen LogP contribution in [0.2, 0.25) is 0 Å². The van der Waals surface area contributed by atoms with Gasteiger partial charge >= 0.3 is 5.97 Å². The van der Waals surface area contributed by atoms with Crippen molar-refractivity contribution >= 4 is 5.97 Å². The summed E-state index contributed by atoms with van der Waals surface area (Å²) in [5, 5.41) is 51.4. The van der Waals surface area contributed by atoms with E-state index in [1.165, 1.54) is 14.2 Å². The molecule has 5 N–H and O–H groups in total. The van der Waals surface area contributed by atoms with Crippen LogP contribution in [-0.4, -0.2) is 96.4 Å². The number of benzene rings is 2. The lowest BCUT2D eigenvalue weighted by atomic mass is 9.66. The Balaban J connectivity index is 1.48. The molecule has 1 aliphatic carbocycles. The topological polar surface area (TPSA) is 183 Å². The highest BCUT2D eigenvalue weighted by Gasteiger charge is 2.55. The molecule has 13 nitrogen and oxygen atoms in total. The van der Waals surface area contributed by atoms with Crippen LogP contribution >= 0.6 is 0 Å². The maximum absolute atomic E-state index is 13.3. The average Bonchev–Trinajstić information content (AvgIpc) is 3.58. The molecule has 2 saturated heterocycles. The van der Waals surface area contributed by atoms with E-state index in [9.17, 15) is 30.3 Å². The molecule has 13 heteroatoms. The van der Waals surface area contributed by atoms with E-state index in [1.54, 1.807) is 24.3 Å². The molecule has 0 radical (unpaired) electrons. The molecule has 2 aromatic carbocycles. The van der Waals surface area contributed by atoms with Gasteiger partial charge in [0.1, 0.15) is 24.4 Å². The van der Waals surface area contributed by atoms with Crippen molar-refractivity contribution in [1.82, 2.24) is 0 Å². The van der Waals surface area contributed by atoms with E-state index in [-0.39, 0.29) is 30.6 Å². The van der Waals surface area contributed by atoms with Gasteiger partial charge < -0.3 is 58.7 Å².